The predicted molar refractivity (Wildman–Crippen MR) is 140 cm³/mol. The summed E-state index contributed by atoms with van der Waals surface area (Å²) in [5.41, 5.74) is 3.53. The zero-order chi connectivity index (χ0) is 25.5. The molecule has 0 aliphatic carbocycles. The second kappa shape index (κ2) is 9.35. The lowest BCUT2D eigenvalue weighted by atomic mass is 10.00. The molecule has 1 unspecified atom stereocenters. The maximum atomic E-state index is 12.7. The number of nitriles is 1. The van der Waals surface area contributed by atoms with Crippen LogP contribution in [0.5, 0.6) is 5.75 Å². The molecule has 3 aromatic rings. The standard InChI is InChI=1S/C28H35N5O2/c1-18-17-33(25-14-26(34)31(7)24-13-10-22(15-29)30-27(24)25)19(2)16-32(18)20(3)21-8-11-23(12-9-21)35-28(4,5)6/h8-14,18-20H,16-17H2,1-7H3/t18-,19+,20?/m1/s1. The van der Waals surface area contributed by atoms with Crippen LogP contribution >= 0.6 is 0 Å². The molecule has 7 heteroatoms. The van der Waals surface area contributed by atoms with E-state index in [0.717, 1.165) is 30.0 Å². The van der Waals surface area contributed by atoms with Gasteiger partial charge < -0.3 is 14.2 Å². The minimum Gasteiger partial charge on any atom is -0.488 e. The minimum absolute atomic E-state index is 0.0766. The monoisotopic (exact) mass is 473 g/mol. The van der Waals surface area contributed by atoms with Crippen molar-refractivity contribution in [1.29, 1.82) is 5.26 Å². The zero-order valence-electron chi connectivity index (χ0n) is 21.7. The van der Waals surface area contributed by atoms with E-state index < -0.39 is 0 Å². The largest absolute Gasteiger partial charge is 0.488 e. The highest BCUT2D eigenvalue weighted by atomic mass is 16.5. The first kappa shape index (κ1) is 24.7. The van der Waals surface area contributed by atoms with E-state index in [2.05, 4.69) is 74.5 Å². The topological polar surface area (TPSA) is 74.4 Å². The van der Waals surface area contributed by atoms with Crippen LogP contribution in [0.4, 0.5) is 5.69 Å². The summed E-state index contributed by atoms with van der Waals surface area (Å²) in [5.74, 6) is 0.876. The van der Waals surface area contributed by atoms with E-state index in [1.807, 2.05) is 18.2 Å². The van der Waals surface area contributed by atoms with Gasteiger partial charge in [0.15, 0.2) is 0 Å². The van der Waals surface area contributed by atoms with Crippen molar-refractivity contribution in [1.82, 2.24) is 14.5 Å². The summed E-state index contributed by atoms with van der Waals surface area (Å²) in [5, 5.41) is 9.38. The third-order valence-electron chi connectivity index (χ3n) is 6.81. The van der Waals surface area contributed by atoms with Crippen LogP contribution in [0.3, 0.4) is 0 Å². The second-order valence-electron chi connectivity index (χ2n) is 10.6. The van der Waals surface area contributed by atoms with Crippen LogP contribution < -0.4 is 15.2 Å². The molecule has 0 saturated carbocycles. The Kier molecular flexibility index (Phi) is 6.61. The van der Waals surface area contributed by atoms with E-state index in [9.17, 15) is 10.1 Å². The van der Waals surface area contributed by atoms with Gasteiger partial charge >= 0.3 is 0 Å². The number of anilines is 1. The highest BCUT2D eigenvalue weighted by Gasteiger charge is 2.33. The summed E-state index contributed by atoms with van der Waals surface area (Å²) in [6.07, 6.45) is 0. The number of fused-ring (bicyclic) bond motifs is 1. The van der Waals surface area contributed by atoms with Gasteiger partial charge in [-0.15, -0.1) is 0 Å². The second-order valence-corrected chi connectivity index (χ2v) is 10.6. The Balaban J connectivity index is 1.60. The van der Waals surface area contributed by atoms with Crippen LogP contribution in [0.15, 0.2) is 47.3 Å². The summed E-state index contributed by atoms with van der Waals surface area (Å²) < 4.78 is 7.57. The number of aryl methyl sites for hydroxylation is 1. The molecule has 0 bridgehead atoms. The van der Waals surface area contributed by atoms with Gasteiger partial charge in [0.1, 0.15) is 28.6 Å². The van der Waals surface area contributed by atoms with Crippen LogP contribution in [0.2, 0.25) is 0 Å². The number of aromatic nitrogens is 2. The molecular weight excluding hydrogens is 438 g/mol. The van der Waals surface area contributed by atoms with E-state index in [4.69, 9.17) is 4.74 Å². The lowest BCUT2D eigenvalue weighted by molar-refractivity contribution is 0.119. The lowest BCUT2D eigenvalue weighted by Crippen LogP contribution is -2.57. The van der Waals surface area contributed by atoms with Crippen LogP contribution in [-0.4, -0.2) is 45.2 Å². The van der Waals surface area contributed by atoms with Crippen molar-refractivity contribution in [2.24, 2.45) is 7.05 Å². The number of benzene rings is 1. The molecular formula is C28H35N5O2. The molecule has 1 aliphatic rings. The molecule has 1 aliphatic heterocycles. The molecule has 1 aromatic carbocycles. The predicted octanol–water partition coefficient (Wildman–Crippen LogP) is 4.64. The molecule has 3 heterocycles. The van der Waals surface area contributed by atoms with Gasteiger partial charge in [0.25, 0.3) is 5.56 Å². The molecule has 1 saturated heterocycles. The smallest absolute Gasteiger partial charge is 0.252 e. The van der Waals surface area contributed by atoms with Crippen molar-refractivity contribution < 1.29 is 4.74 Å². The number of ether oxygens (including phenoxy) is 1. The van der Waals surface area contributed by atoms with Crippen molar-refractivity contribution >= 4 is 16.7 Å². The zero-order valence-corrected chi connectivity index (χ0v) is 21.7. The molecule has 0 amide bonds. The Morgan fingerprint density at radius 1 is 1.09 bits per heavy atom. The quantitative estimate of drug-likeness (QED) is 0.549. The van der Waals surface area contributed by atoms with Crippen LogP contribution in [0, 0.1) is 11.3 Å². The van der Waals surface area contributed by atoms with Crippen molar-refractivity contribution in [2.75, 3.05) is 18.0 Å². The summed E-state index contributed by atoms with van der Waals surface area (Å²) in [6, 6.07) is 16.3. The normalized spacial score (nSPS) is 20.0. The van der Waals surface area contributed by atoms with Gasteiger partial charge in [-0.1, -0.05) is 12.1 Å². The van der Waals surface area contributed by atoms with Crippen molar-refractivity contribution in [2.45, 2.75) is 65.3 Å². The fraction of sp³-hybridized carbons (Fsp3) is 0.464. The summed E-state index contributed by atoms with van der Waals surface area (Å²) in [6.45, 7) is 14.4. The Hall–Kier alpha value is -3.37. The van der Waals surface area contributed by atoms with Gasteiger partial charge in [-0.2, -0.15) is 5.26 Å². The number of rotatable bonds is 4. The first-order valence-electron chi connectivity index (χ1n) is 12.2. The fourth-order valence-corrected chi connectivity index (χ4v) is 4.98. The number of nitrogens with zero attached hydrogens (tertiary/aromatic N) is 5. The van der Waals surface area contributed by atoms with E-state index in [1.165, 1.54) is 5.56 Å². The SMILES string of the molecule is CC(c1ccc(OC(C)(C)C)cc1)N1C[C@H](C)N(c2cc(=O)n(C)c3ccc(C#N)nc23)C[C@H]1C. The Morgan fingerprint density at radius 3 is 2.40 bits per heavy atom. The number of hydrogen-bond acceptors (Lipinski definition) is 6. The van der Waals surface area contributed by atoms with Gasteiger partial charge in [-0.05, 0) is 71.4 Å². The minimum atomic E-state index is -0.223. The van der Waals surface area contributed by atoms with Crippen molar-refractivity contribution in [3.05, 3.63) is 64.1 Å². The number of hydrogen-bond donors (Lipinski definition) is 0. The highest BCUT2D eigenvalue weighted by molar-refractivity contribution is 5.89. The van der Waals surface area contributed by atoms with Gasteiger partial charge in [0, 0.05) is 44.3 Å². The maximum absolute atomic E-state index is 12.7. The molecule has 4 rings (SSSR count). The fourth-order valence-electron chi connectivity index (χ4n) is 4.98. The van der Waals surface area contributed by atoms with Crippen LogP contribution in [0.25, 0.3) is 11.0 Å². The molecule has 1 fully saturated rings. The summed E-state index contributed by atoms with van der Waals surface area (Å²) >= 11 is 0. The van der Waals surface area contributed by atoms with E-state index in [-0.39, 0.29) is 29.3 Å². The third-order valence-corrected chi connectivity index (χ3v) is 6.81. The molecule has 0 N–H and O–H groups in total. The third kappa shape index (κ3) is 5.03. The molecule has 35 heavy (non-hydrogen) atoms. The Labute approximate surface area is 207 Å². The highest BCUT2D eigenvalue weighted by Crippen LogP contribution is 2.33. The van der Waals surface area contributed by atoms with Crippen molar-refractivity contribution in [3.63, 3.8) is 0 Å². The van der Waals surface area contributed by atoms with Gasteiger partial charge in [0.05, 0.1) is 11.2 Å². The van der Waals surface area contributed by atoms with Gasteiger partial charge in [-0.3, -0.25) is 9.69 Å². The Bertz CT molecular complexity index is 1320. The lowest BCUT2D eigenvalue weighted by Gasteiger charge is -2.47. The van der Waals surface area contributed by atoms with E-state index in [0.29, 0.717) is 11.2 Å². The van der Waals surface area contributed by atoms with Gasteiger partial charge in [0.2, 0.25) is 0 Å². The number of piperazine rings is 1. The number of pyridine rings is 2. The average Bonchev–Trinajstić information content (AvgIpc) is 2.81. The maximum Gasteiger partial charge on any atom is 0.252 e. The van der Waals surface area contributed by atoms with Crippen LogP contribution in [-0.2, 0) is 7.05 Å². The molecule has 3 atom stereocenters. The average molecular weight is 474 g/mol. The molecule has 7 nitrogen and oxygen atoms in total. The molecule has 0 radical (unpaired) electrons. The van der Waals surface area contributed by atoms with E-state index in [1.54, 1.807) is 23.7 Å². The van der Waals surface area contributed by atoms with E-state index >= 15 is 0 Å². The Morgan fingerprint density at radius 2 is 1.77 bits per heavy atom. The van der Waals surface area contributed by atoms with Crippen LogP contribution in [0.1, 0.15) is 58.8 Å². The molecule has 2 aromatic heterocycles. The molecule has 0 spiro atoms. The first-order valence-corrected chi connectivity index (χ1v) is 12.2. The van der Waals surface area contributed by atoms with Gasteiger partial charge in [-0.25, -0.2) is 4.98 Å². The summed E-state index contributed by atoms with van der Waals surface area (Å²) in [7, 11) is 1.74. The van der Waals surface area contributed by atoms with Crippen molar-refractivity contribution in [3.8, 4) is 11.8 Å². The molecule has 184 valence electrons. The summed E-state index contributed by atoms with van der Waals surface area (Å²) in [4.78, 5) is 22.1. The first-order chi connectivity index (χ1) is 16.5.